The maximum absolute atomic E-state index is 12.2. The second-order valence-corrected chi connectivity index (χ2v) is 10.2. The molecular weight excluding hydrogens is 520 g/mol. The van der Waals surface area contributed by atoms with Gasteiger partial charge in [-0.25, -0.2) is 4.98 Å². The number of benzene rings is 2. The van der Waals surface area contributed by atoms with Gasteiger partial charge in [0.2, 0.25) is 5.88 Å². The van der Waals surface area contributed by atoms with Crippen LogP contribution in [0.3, 0.4) is 0 Å². The molecule has 0 saturated heterocycles. The van der Waals surface area contributed by atoms with E-state index in [0.717, 1.165) is 16.8 Å². The third kappa shape index (κ3) is 9.03. The van der Waals surface area contributed by atoms with Crippen molar-refractivity contribution in [1.29, 1.82) is 0 Å². The van der Waals surface area contributed by atoms with E-state index < -0.39 is 17.9 Å². The van der Waals surface area contributed by atoms with Crippen LogP contribution in [-0.2, 0) is 19.1 Å². The van der Waals surface area contributed by atoms with Crippen molar-refractivity contribution in [2.75, 3.05) is 26.4 Å². The van der Waals surface area contributed by atoms with Gasteiger partial charge in [0.1, 0.15) is 5.75 Å². The summed E-state index contributed by atoms with van der Waals surface area (Å²) in [6.45, 7) is 4.86. The third-order valence-corrected chi connectivity index (χ3v) is 7.12. The summed E-state index contributed by atoms with van der Waals surface area (Å²) >= 11 is 0. The molecule has 0 unspecified atom stereocenters. The van der Waals surface area contributed by atoms with E-state index in [1.165, 1.54) is 32.1 Å². The molecule has 1 aliphatic rings. The SMILES string of the molecule is CCOC(=O)C(CCCOc1ccc(-c2nc(OCC3CCCCC3)cc(-c3ccccc3)n2)cc1)C(=O)OCC. The van der Waals surface area contributed by atoms with E-state index >= 15 is 0 Å². The van der Waals surface area contributed by atoms with Crippen LogP contribution < -0.4 is 9.47 Å². The second kappa shape index (κ2) is 15.7. The first-order valence-corrected chi connectivity index (χ1v) is 14.7. The van der Waals surface area contributed by atoms with Gasteiger partial charge >= 0.3 is 11.9 Å². The smallest absolute Gasteiger partial charge is 0.320 e. The number of ether oxygens (including phenoxy) is 4. The zero-order valence-corrected chi connectivity index (χ0v) is 24.1. The van der Waals surface area contributed by atoms with Crippen molar-refractivity contribution in [3.05, 3.63) is 60.7 Å². The minimum absolute atomic E-state index is 0.212. The Kier molecular flexibility index (Phi) is 11.5. The summed E-state index contributed by atoms with van der Waals surface area (Å²) in [7, 11) is 0. The van der Waals surface area contributed by atoms with Crippen LogP contribution in [0.15, 0.2) is 60.7 Å². The highest BCUT2D eigenvalue weighted by Gasteiger charge is 2.29. The van der Waals surface area contributed by atoms with Crippen molar-refractivity contribution in [1.82, 2.24) is 9.97 Å². The van der Waals surface area contributed by atoms with Gasteiger partial charge in [-0.05, 0) is 69.7 Å². The Bertz CT molecular complexity index is 1220. The summed E-state index contributed by atoms with van der Waals surface area (Å²) < 4.78 is 22.1. The lowest BCUT2D eigenvalue weighted by Gasteiger charge is -2.21. The Balaban J connectivity index is 1.40. The standard InChI is InChI=1S/C33H40N2O6/c1-3-38-32(36)28(33(37)39-4-2)16-11-21-40-27-19-17-26(18-20-27)31-34-29(25-14-9-6-10-15-25)22-30(35-31)41-23-24-12-7-5-8-13-24/h6,9-10,14-15,17-20,22,24,28H,3-5,7-8,11-13,16,21,23H2,1-2H3. The Labute approximate surface area is 242 Å². The largest absolute Gasteiger partial charge is 0.494 e. The Morgan fingerprint density at radius 2 is 1.51 bits per heavy atom. The van der Waals surface area contributed by atoms with E-state index in [4.69, 9.17) is 28.9 Å². The summed E-state index contributed by atoms with van der Waals surface area (Å²) in [5.74, 6) is 0.352. The molecule has 0 bridgehead atoms. The van der Waals surface area contributed by atoms with Gasteiger partial charge in [-0.15, -0.1) is 0 Å². The summed E-state index contributed by atoms with van der Waals surface area (Å²) in [6.07, 6.45) is 7.05. The maximum atomic E-state index is 12.2. The molecule has 2 aromatic carbocycles. The molecule has 4 rings (SSSR count). The number of rotatable bonds is 14. The zero-order valence-electron chi connectivity index (χ0n) is 24.1. The summed E-state index contributed by atoms with van der Waals surface area (Å²) in [5, 5.41) is 0. The van der Waals surface area contributed by atoms with Crippen molar-refractivity contribution in [2.24, 2.45) is 11.8 Å². The molecule has 0 aliphatic heterocycles. The lowest BCUT2D eigenvalue weighted by Crippen LogP contribution is -2.28. The lowest BCUT2D eigenvalue weighted by molar-refractivity contribution is -0.162. The number of hydrogen-bond donors (Lipinski definition) is 0. The molecule has 1 aliphatic carbocycles. The van der Waals surface area contributed by atoms with Gasteiger partial charge in [-0.3, -0.25) is 9.59 Å². The molecule has 1 fully saturated rings. The van der Waals surface area contributed by atoms with Crippen LogP contribution in [0.5, 0.6) is 11.6 Å². The normalized spacial score (nSPS) is 13.5. The molecule has 218 valence electrons. The first-order chi connectivity index (χ1) is 20.1. The number of nitrogens with zero attached hydrogens (tertiary/aromatic N) is 2. The van der Waals surface area contributed by atoms with Crippen LogP contribution in [0.25, 0.3) is 22.6 Å². The van der Waals surface area contributed by atoms with E-state index in [2.05, 4.69) is 0 Å². The predicted octanol–water partition coefficient (Wildman–Crippen LogP) is 6.67. The van der Waals surface area contributed by atoms with Crippen LogP contribution in [0, 0.1) is 11.8 Å². The highest BCUT2D eigenvalue weighted by Crippen LogP contribution is 2.29. The molecule has 41 heavy (non-hydrogen) atoms. The van der Waals surface area contributed by atoms with Gasteiger partial charge in [0.05, 0.1) is 32.1 Å². The fourth-order valence-electron chi connectivity index (χ4n) is 4.94. The molecule has 8 heteroatoms. The van der Waals surface area contributed by atoms with E-state index in [0.29, 0.717) is 49.4 Å². The Morgan fingerprint density at radius 3 is 2.17 bits per heavy atom. The van der Waals surface area contributed by atoms with Crippen molar-refractivity contribution >= 4 is 11.9 Å². The zero-order chi connectivity index (χ0) is 28.9. The average molecular weight is 561 g/mol. The molecule has 0 N–H and O–H groups in total. The van der Waals surface area contributed by atoms with E-state index in [1.807, 2.05) is 60.7 Å². The summed E-state index contributed by atoms with van der Waals surface area (Å²) in [4.78, 5) is 33.9. The number of hydrogen-bond acceptors (Lipinski definition) is 8. The fraction of sp³-hybridized carbons (Fsp3) is 0.455. The molecule has 0 radical (unpaired) electrons. The molecule has 1 heterocycles. The molecule has 0 amide bonds. The minimum Gasteiger partial charge on any atom is -0.494 e. The van der Waals surface area contributed by atoms with E-state index in [9.17, 15) is 9.59 Å². The predicted molar refractivity (Wildman–Crippen MR) is 156 cm³/mol. The second-order valence-electron chi connectivity index (χ2n) is 10.2. The van der Waals surface area contributed by atoms with Gasteiger partial charge in [-0.1, -0.05) is 49.6 Å². The number of esters is 2. The van der Waals surface area contributed by atoms with Crippen molar-refractivity contribution in [3.63, 3.8) is 0 Å². The molecule has 1 saturated carbocycles. The first-order valence-electron chi connectivity index (χ1n) is 14.7. The van der Waals surface area contributed by atoms with Crippen LogP contribution >= 0.6 is 0 Å². The quantitative estimate of drug-likeness (QED) is 0.123. The van der Waals surface area contributed by atoms with Crippen LogP contribution in [0.2, 0.25) is 0 Å². The topological polar surface area (TPSA) is 96.8 Å². The fourth-order valence-corrected chi connectivity index (χ4v) is 4.94. The van der Waals surface area contributed by atoms with Crippen molar-refractivity contribution in [3.8, 4) is 34.3 Å². The van der Waals surface area contributed by atoms with Crippen LogP contribution in [-0.4, -0.2) is 48.3 Å². The van der Waals surface area contributed by atoms with Gasteiger partial charge in [0.15, 0.2) is 11.7 Å². The number of carbonyl (C=O) groups is 2. The number of aromatic nitrogens is 2. The van der Waals surface area contributed by atoms with Gasteiger partial charge in [0.25, 0.3) is 0 Å². The Hall–Kier alpha value is -3.94. The first kappa shape index (κ1) is 30.0. The number of carbonyl (C=O) groups excluding carboxylic acids is 2. The van der Waals surface area contributed by atoms with Crippen molar-refractivity contribution < 1.29 is 28.5 Å². The Morgan fingerprint density at radius 1 is 0.829 bits per heavy atom. The summed E-state index contributed by atoms with van der Waals surface area (Å²) in [5.41, 5.74) is 2.66. The van der Waals surface area contributed by atoms with Crippen LogP contribution in [0.1, 0.15) is 58.8 Å². The molecule has 3 aromatic rings. The highest BCUT2D eigenvalue weighted by molar-refractivity contribution is 5.94. The van der Waals surface area contributed by atoms with Crippen LogP contribution in [0.4, 0.5) is 0 Å². The minimum atomic E-state index is -0.940. The van der Waals surface area contributed by atoms with Gasteiger partial charge in [0, 0.05) is 17.2 Å². The molecular formula is C33H40N2O6. The molecule has 8 nitrogen and oxygen atoms in total. The van der Waals surface area contributed by atoms with E-state index in [-0.39, 0.29) is 13.2 Å². The molecule has 0 spiro atoms. The summed E-state index contributed by atoms with van der Waals surface area (Å²) in [6, 6.07) is 19.5. The third-order valence-electron chi connectivity index (χ3n) is 7.12. The lowest BCUT2D eigenvalue weighted by atomic mass is 9.90. The molecule has 1 aromatic heterocycles. The monoisotopic (exact) mass is 560 g/mol. The van der Waals surface area contributed by atoms with Gasteiger partial charge < -0.3 is 18.9 Å². The van der Waals surface area contributed by atoms with Crippen molar-refractivity contribution in [2.45, 2.75) is 58.8 Å². The van der Waals surface area contributed by atoms with Gasteiger partial charge in [-0.2, -0.15) is 4.98 Å². The maximum Gasteiger partial charge on any atom is 0.320 e. The van der Waals surface area contributed by atoms with E-state index in [1.54, 1.807) is 13.8 Å². The highest BCUT2D eigenvalue weighted by atomic mass is 16.6. The molecule has 0 atom stereocenters. The average Bonchev–Trinajstić information content (AvgIpc) is 3.01.